The van der Waals surface area contributed by atoms with Crippen molar-refractivity contribution < 1.29 is 9.47 Å². The quantitative estimate of drug-likeness (QED) is 0.463. The number of anilines is 1. The summed E-state index contributed by atoms with van der Waals surface area (Å²) in [5.41, 5.74) is 2.12. The third-order valence-electron chi connectivity index (χ3n) is 6.06. The van der Waals surface area contributed by atoms with E-state index in [4.69, 9.17) is 9.47 Å². The molecule has 0 amide bonds. The zero-order chi connectivity index (χ0) is 24.2. The van der Waals surface area contributed by atoms with E-state index >= 15 is 0 Å². The number of likely N-dealkylation sites (N-methyl/N-ethyl adjacent to an activating group) is 2. The normalized spacial score (nSPS) is 21.4. The Morgan fingerprint density at radius 2 is 2.06 bits per heavy atom. The van der Waals surface area contributed by atoms with Crippen molar-refractivity contribution in [2.75, 3.05) is 46.2 Å². The van der Waals surface area contributed by atoms with Crippen LogP contribution in [0.25, 0.3) is 12.8 Å². The molecule has 2 aliphatic heterocycles. The second-order valence-electron chi connectivity index (χ2n) is 8.94. The van der Waals surface area contributed by atoms with Crippen molar-refractivity contribution in [2.24, 2.45) is 10.1 Å². The van der Waals surface area contributed by atoms with Gasteiger partial charge in [0, 0.05) is 71.7 Å². The first-order valence-corrected chi connectivity index (χ1v) is 12.2. The fourth-order valence-electron chi connectivity index (χ4n) is 4.26. The van der Waals surface area contributed by atoms with Crippen LogP contribution in [0.4, 0.5) is 5.69 Å². The van der Waals surface area contributed by atoms with E-state index in [0.29, 0.717) is 0 Å². The van der Waals surface area contributed by atoms with Gasteiger partial charge in [-0.2, -0.15) is 5.10 Å². The van der Waals surface area contributed by atoms with E-state index in [1.165, 1.54) is 5.56 Å². The number of likely N-dealkylation sites (tertiary alicyclic amines) is 1. The minimum Gasteiger partial charge on any atom is -0.496 e. The number of hydrogen-bond acceptors (Lipinski definition) is 6. The van der Waals surface area contributed by atoms with E-state index < -0.39 is 0 Å². The third kappa shape index (κ3) is 5.98. The molecule has 34 heavy (non-hydrogen) atoms. The molecule has 1 fully saturated rings. The van der Waals surface area contributed by atoms with Crippen molar-refractivity contribution in [3.8, 4) is 11.5 Å². The molecular formula is C26H32BrN5O2. The number of methoxy groups -OCH3 is 1. The Labute approximate surface area is 209 Å². The lowest BCUT2D eigenvalue weighted by molar-refractivity contribution is 0.208. The van der Waals surface area contributed by atoms with E-state index in [0.717, 1.165) is 64.0 Å². The highest BCUT2D eigenvalue weighted by Crippen LogP contribution is 2.29. The molecule has 4 rings (SSSR count). The number of rotatable bonds is 6. The Hall–Kier alpha value is -2.84. The van der Waals surface area contributed by atoms with Gasteiger partial charge in [0.25, 0.3) is 0 Å². The number of nitrogens with one attached hydrogen (secondary N) is 1. The summed E-state index contributed by atoms with van der Waals surface area (Å²) < 4.78 is 12.7. The van der Waals surface area contributed by atoms with Crippen LogP contribution in [-0.4, -0.2) is 68.9 Å². The van der Waals surface area contributed by atoms with Gasteiger partial charge in [0.1, 0.15) is 23.4 Å². The van der Waals surface area contributed by atoms with E-state index in [-0.39, 0.29) is 12.0 Å². The summed E-state index contributed by atoms with van der Waals surface area (Å²) >= 11 is 3.52. The summed E-state index contributed by atoms with van der Waals surface area (Å²) in [6.07, 6.45) is 5.04. The van der Waals surface area contributed by atoms with Crippen LogP contribution in [0.2, 0.25) is 0 Å². The Morgan fingerprint density at radius 3 is 2.74 bits per heavy atom. The first-order chi connectivity index (χ1) is 16.3. The van der Waals surface area contributed by atoms with Gasteiger partial charge in [0.2, 0.25) is 0 Å². The molecule has 1 N–H and O–H groups in total. The summed E-state index contributed by atoms with van der Waals surface area (Å²) in [5.74, 6) is 2.58. The second kappa shape index (κ2) is 10.6. The SMILES string of the molecule is C=c1c(OC)cc(Br)c/c1=C/N=C(C)Nc1cc(O[C@@H]2CCN(C)C2)cc(C2C=NN(C)C2)c1. The average Bonchev–Trinajstić information content (AvgIpc) is 3.41. The first-order valence-electron chi connectivity index (χ1n) is 11.4. The van der Waals surface area contributed by atoms with Crippen molar-refractivity contribution in [3.63, 3.8) is 0 Å². The number of ether oxygens (including phenoxy) is 2. The monoisotopic (exact) mass is 525 g/mol. The fraction of sp³-hybridized carbons (Fsp3) is 0.385. The smallest absolute Gasteiger partial charge is 0.127 e. The number of aliphatic imine (C=N–C) groups is 1. The average molecular weight is 526 g/mol. The molecule has 0 aliphatic carbocycles. The number of benzene rings is 2. The lowest BCUT2D eigenvalue weighted by Gasteiger charge is -2.18. The largest absolute Gasteiger partial charge is 0.496 e. The lowest BCUT2D eigenvalue weighted by atomic mass is 10.00. The van der Waals surface area contributed by atoms with Crippen LogP contribution < -0.4 is 25.2 Å². The van der Waals surface area contributed by atoms with E-state index in [1.807, 2.05) is 43.4 Å². The number of hydrazone groups is 1. The molecule has 0 spiro atoms. The molecule has 2 aromatic carbocycles. The van der Waals surface area contributed by atoms with Crippen LogP contribution in [-0.2, 0) is 0 Å². The highest BCUT2D eigenvalue weighted by Gasteiger charge is 2.23. The molecule has 1 unspecified atom stereocenters. The molecule has 0 aromatic heterocycles. The maximum Gasteiger partial charge on any atom is 0.127 e. The van der Waals surface area contributed by atoms with Crippen molar-refractivity contribution in [1.29, 1.82) is 0 Å². The summed E-state index contributed by atoms with van der Waals surface area (Å²) in [4.78, 5) is 6.93. The number of nitrogens with zero attached hydrogens (tertiary/aromatic N) is 4. The van der Waals surface area contributed by atoms with Gasteiger partial charge in [-0.15, -0.1) is 0 Å². The van der Waals surface area contributed by atoms with Gasteiger partial charge < -0.3 is 19.7 Å². The van der Waals surface area contributed by atoms with Gasteiger partial charge in [-0.1, -0.05) is 22.5 Å². The highest BCUT2D eigenvalue weighted by molar-refractivity contribution is 9.10. The van der Waals surface area contributed by atoms with Crippen LogP contribution in [0.15, 0.2) is 44.9 Å². The highest BCUT2D eigenvalue weighted by atomic mass is 79.9. The van der Waals surface area contributed by atoms with Crippen LogP contribution in [0, 0.1) is 0 Å². The number of amidine groups is 1. The van der Waals surface area contributed by atoms with Gasteiger partial charge >= 0.3 is 0 Å². The zero-order valence-corrected chi connectivity index (χ0v) is 21.8. The molecule has 1 saturated heterocycles. The molecule has 8 heteroatoms. The molecule has 7 nitrogen and oxygen atoms in total. The summed E-state index contributed by atoms with van der Waals surface area (Å²) in [5, 5.41) is 11.5. The summed E-state index contributed by atoms with van der Waals surface area (Å²) in [6.45, 7) is 8.92. The van der Waals surface area contributed by atoms with Gasteiger partial charge in [-0.05, 0) is 50.2 Å². The Morgan fingerprint density at radius 1 is 1.24 bits per heavy atom. The first kappa shape index (κ1) is 24.3. The Balaban J connectivity index is 1.60. The van der Waals surface area contributed by atoms with Crippen molar-refractivity contribution >= 4 is 46.4 Å². The standard InChI is InChI=1S/C26H32BrN5O2/c1-17-20(8-22(27)11-26(17)33-5)13-28-18(2)30-23-9-19(21-14-29-32(4)15-21)10-25(12-23)34-24-6-7-31(3)16-24/h8-14,21,24H,1,6-7,15-16H2,2-5H3,(H,28,30)/b20-13-/t21?,24-/m1/s1. The molecule has 0 radical (unpaired) electrons. The van der Waals surface area contributed by atoms with E-state index in [1.54, 1.807) is 13.3 Å². The maximum absolute atomic E-state index is 6.36. The van der Waals surface area contributed by atoms with Crippen molar-refractivity contribution in [1.82, 2.24) is 9.91 Å². The van der Waals surface area contributed by atoms with Crippen LogP contribution in [0.1, 0.15) is 24.8 Å². The summed E-state index contributed by atoms with van der Waals surface area (Å²) in [7, 11) is 5.76. The van der Waals surface area contributed by atoms with Gasteiger partial charge in [0.05, 0.1) is 7.11 Å². The predicted molar refractivity (Wildman–Crippen MR) is 143 cm³/mol. The molecule has 2 atom stereocenters. The zero-order valence-electron chi connectivity index (χ0n) is 20.2. The molecule has 0 saturated carbocycles. The molecule has 2 heterocycles. The second-order valence-corrected chi connectivity index (χ2v) is 9.85. The third-order valence-corrected chi connectivity index (χ3v) is 6.52. The van der Waals surface area contributed by atoms with Crippen LogP contribution >= 0.6 is 15.9 Å². The van der Waals surface area contributed by atoms with Gasteiger partial charge in [-0.25, -0.2) is 4.99 Å². The van der Waals surface area contributed by atoms with Gasteiger partial charge in [0.15, 0.2) is 0 Å². The number of halogens is 1. The fourth-order valence-corrected chi connectivity index (χ4v) is 4.72. The molecular weight excluding hydrogens is 494 g/mol. The molecule has 2 aliphatic rings. The Kier molecular flexibility index (Phi) is 7.58. The Bertz CT molecular complexity index is 1210. The minimum atomic E-state index is 0.207. The van der Waals surface area contributed by atoms with Crippen LogP contribution in [0.5, 0.6) is 11.5 Å². The number of hydrogen-bond donors (Lipinski definition) is 1. The van der Waals surface area contributed by atoms with E-state index in [2.05, 4.69) is 62.0 Å². The predicted octanol–water partition coefficient (Wildman–Crippen LogP) is 3.23. The summed E-state index contributed by atoms with van der Waals surface area (Å²) in [6, 6.07) is 10.2. The lowest BCUT2D eigenvalue weighted by Crippen LogP contribution is -2.24. The maximum atomic E-state index is 6.36. The van der Waals surface area contributed by atoms with Gasteiger partial charge in [-0.3, -0.25) is 5.01 Å². The van der Waals surface area contributed by atoms with Crippen molar-refractivity contribution in [2.45, 2.75) is 25.4 Å². The molecule has 0 bridgehead atoms. The molecule has 2 aromatic rings. The van der Waals surface area contributed by atoms with Crippen LogP contribution in [0.3, 0.4) is 0 Å². The minimum absolute atomic E-state index is 0.207. The molecule has 180 valence electrons. The topological polar surface area (TPSA) is 61.7 Å². The van der Waals surface area contributed by atoms with E-state index in [9.17, 15) is 0 Å². The van der Waals surface area contributed by atoms with Crippen molar-refractivity contribution in [3.05, 3.63) is 50.8 Å².